The summed E-state index contributed by atoms with van der Waals surface area (Å²) in [6.45, 7) is 2.04. The van der Waals surface area contributed by atoms with Gasteiger partial charge in [-0.3, -0.25) is 0 Å². The highest BCUT2D eigenvalue weighted by Crippen LogP contribution is 2.17. The second-order valence-electron chi connectivity index (χ2n) is 4.57. The molecule has 0 amide bonds. The van der Waals surface area contributed by atoms with E-state index in [1.165, 1.54) is 6.07 Å². The minimum absolute atomic E-state index is 0.147. The Bertz CT molecular complexity index is 525. The van der Waals surface area contributed by atoms with Crippen molar-refractivity contribution in [3.05, 3.63) is 59.9 Å². The Morgan fingerprint density at radius 1 is 1.11 bits per heavy atom. The zero-order valence-corrected chi connectivity index (χ0v) is 11.2. The van der Waals surface area contributed by atoms with Crippen LogP contribution in [0.5, 0.6) is 5.75 Å². The molecule has 0 fully saturated rings. The molecule has 0 aliphatic heterocycles. The number of hydrogen-bond donors (Lipinski definition) is 1. The maximum Gasteiger partial charge on any atom is 0.126 e. The SMILES string of the molecule is COc1ccc(NC(C)Cc2ccccc2F)cc1. The lowest BCUT2D eigenvalue weighted by Gasteiger charge is -2.16. The number of benzene rings is 2. The molecule has 2 rings (SSSR count). The lowest BCUT2D eigenvalue weighted by molar-refractivity contribution is 0.415. The van der Waals surface area contributed by atoms with Gasteiger partial charge in [0.2, 0.25) is 0 Å². The monoisotopic (exact) mass is 259 g/mol. The molecule has 100 valence electrons. The highest BCUT2D eigenvalue weighted by Gasteiger charge is 2.07. The molecule has 1 N–H and O–H groups in total. The van der Waals surface area contributed by atoms with Crippen molar-refractivity contribution in [2.24, 2.45) is 0 Å². The number of methoxy groups -OCH3 is 1. The van der Waals surface area contributed by atoms with Crippen LogP contribution < -0.4 is 10.1 Å². The third kappa shape index (κ3) is 3.71. The standard InChI is InChI=1S/C16H18FNO/c1-12(11-13-5-3-4-6-16(13)17)18-14-7-9-15(19-2)10-8-14/h3-10,12,18H,11H2,1-2H3. The first-order chi connectivity index (χ1) is 9.19. The molecule has 3 heteroatoms. The summed E-state index contributed by atoms with van der Waals surface area (Å²) in [5.41, 5.74) is 1.74. The lowest BCUT2D eigenvalue weighted by Crippen LogP contribution is -2.18. The molecule has 0 saturated heterocycles. The van der Waals surface area contributed by atoms with E-state index in [-0.39, 0.29) is 11.9 Å². The molecule has 0 aromatic heterocycles. The van der Waals surface area contributed by atoms with E-state index in [0.717, 1.165) is 17.0 Å². The minimum atomic E-state index is -0.147. The van der Waals surface area contributed by atoms with E-state index in [0.29, 0.717) is 6.42 Å². The highest BCUT2D eigenvalue weighted by molar-refractivity contribution is 5.47. The zero-order valence-electron chi connectivity index (χ0n) is 11.2. The first-order valence-corrected chi connectivity index (χ1v) is 6.33. The van der Waals surface area contributed by atoms with E-state index < -0.39 is 0 Å². The number of ether oxygens (including phenoxy) is 1. The highest BCUT2D eigenvalue weighted by atomic mass is 19.1. The summed E-state index contributed by atoms with van der Waals surface area (Å²) >= 11 is 0. The number of hydrogen-bond acceptors (Lipinski definition) is 2. The van der Waals surface area contributed by atoms with Crippen LogP contribution >= 0.6 is 0 Å². The Balaban J connectivity index is 1.97. The number of halogens is 1. The molecule has 19 heavy (non-hydrogen) atoms. The maximum atomic E-state index is 13.5. The van der Waals surface area contributed by atoms with Crippen LogP contribution in [0, 0.1) is 5.82 Å². The molecular weight excluding hydrogens is 241 g/mol. The Hall–Kier alpha value is -2.03. The molecule has 2 aromatic rings. The van der Waals surface area contributed by atoms with Gasteiger partial charge < -0.3 is 10.1 Å². The third-order valence-corrected chi connectivity index (χ3v) is 2.99. The molecule has 0 saturated carbocycles. The van der Waals surface area contributed by atoms with E-state index in [2.05, 4.69) is 5.32 Å². The van der Waals surface area contributed by atoms with Gasteiger partial charge in [-0.2, -0.15) is 0 Å². The first kappa shape index (κ1) is 13.4. The van der Waals surface area contributed by atoms with Crippen LogP contribution in [-0.2, 0) is 6.42 Å². The van der Waals surface area contributed by atoms with E-state index in [9.17, 15) is 4.39 Å². The van der Waals surface area contributed by atoms with Gasteiger partial charge in [0.25, 0.3) is 0 Å². The van der Waals surface area contributed by atoms with Gasteiger partial charge in [-0.05, 0) is 49.2 Å². The summed E-state index contributed by atoms with van der Waals surface area (Å²) in [7, 11) is 1.64. The van der Waals surface area contributed by atoms with Gasteiger partial charge >= 0.3 is 0 Å². The summed E-state index contributed by atoms with van der Waals surface area (Å²) < 4.78 is 18.7. The normalized spacial score (nSPS) is 11.9. The number of nitrogens with one attached hydrogen (secondary N) is 1. The predicted octanol–water partition coefficient (Wildman–Crippen LogP) is 3.88. The van der Waals surface area contributed by atoms with E-state index in [1.54, 1.807) is 13.2 Å². The zero-order chi connectivity index (χ0) is 13.7. The number of anilines is 1. The van der Waals surface area contributed by atoms with Gasteiger partial charge in [0.05, 0.1) is 7.11 Å². The van der Waals surface area contributed by atoms with Crippen molar-refractivity contribution < 1.29 is 9.13 Å². The molecule has 0 aliphatic carbocycles. The largest absolute Gasteiger partial charge is 0.497 e. The van der Waals surface area contributed by atoms with Crippen molar-refractivity contribution >= 4 is 5.69 Å². The van der Waals surface area contributed by atoms with Gasteiger partial charge in [-0.15, -0.1) is 0 Å². The summed E-state index contributed by atoms with van der Waals surface area (Å²) in [5, 5.41) is 3.35. The second kappa shape index (κ2) is 6.23. The van der Waals surface area contributed by atoms with Crippen molar-refractivity contribution in [1.82, 2.24) is 0 Å². The Labute approximate surface area is 113 Å². The van der Waals surface area contributed by atoms with Crippen LogP contribution in [0.15, 0.2) is 48.5 Å². The summed E-state index contributed by atoms with van der Waals surface area (Å²) in [6, 6.07) is 14.8. The van der Waals surface area contributed by atoms with Gasteiger partial charge in [0.15, 0.2) is 0 Å². The molecule has 2 aromatic carbocycles. The maximum absolute atomic E-state index is 13.5. The fraction of sp³-hybridized carbons (Fsp3) is 0.250. The van der Waals surface area contributed by atoms with E-state index in [4.69, 9.17) is 4.74 Å². The topological polar surface area (TPSA) is 21.3 Å². The van der Waals surface area contributed by atoms with Gasteiger partial charge in [-0.1, -0.05) is 18.2 Å². The van der Waals surface area contributed by atoms with Crippen LogP contribution in [0.2, 0.25) is 0 Å². The Morgan fingerprint density at radius 2 is 1.79 bits per heavy atom. The predicted molar refractivity (Wildman–Crippen MR) is 76.2 cm³/mol. The molecule has 2 nitrogen and oxygen atoms in total. The quantitative estimate of drug-likeness (QED) is 0.880. The van der Waals surface area contributed by atoms with E-state index >= 15 is 0 Å². The Kier molecular flexibility index (Phi) is 4.39. The van der Waals surface area contributed by atoms with Crippen molar-refractivity contribution in [3.63, 3.8) is 0 Å². The van der Waals surface area contributed by atoms with Crippen molar-refractivity contribution in [1.29, 1.82) is 0 Å². The smallest absolute Gasteiger partial charge is 0.126 e. The van der Waals surface area contributed by atoms with Gasteiger partial charge in [0, 0.05) is 11.7 Å². The average molecular weight is 259 g/mol. The third-order valence-electron chi connectivity index (χ3n) is 2.99. The Morgan fingerprint density at radius 3 is 2.42 bits per heavy atom. The molecule has 0 aliphatic rings. The summed E-state index contributed by atoms with van der Waals surface area (Å²) in [5.74, 6) is 0.679. The second-order valence-corrected chi connectivity index (χ2v) is 4.57. The van der Waals surface area contributed by atoms with Crippen LogP contribution in [0.3, 0.4) is 0 Å². The van der Waals surface area contributed by atoms with Crippen LogP contribution in [0.25, 0.3) is 0 Å². The van der Waals surface area contributed by atoms with Crippen LogP contribution in [0.4, 0.5) is 10.1 Å². The van der Waals surface area contributed by atoms with E-state index in [1.807, 2.05) is 43.3 Å². The van der Waals surface area contributed by atoms with Crippen molar-refractivity contribution in [3.8, 4) is 5.75 Å². The molecule has 0 bridgehead atoms. The first-order valence-electron chi connectivity index (χ1n) is 6.33. The fourth-order valence-electron chi connectivity index (χ4n) is 2.02. The molecular formula is C16H18FNO. The van der Waals surface area contributed by atoms with Crippen molar-refractivity contribution in [2.45, 2.75) is 19.4 Å². The average Bonchev–Trinajstić information content (AvgIpc) is 2.42. The minimum Gasteiger partial charge on any atom is -0.497 e. The fourth-order valence-corrected chi connectivity index (χ4v) is 2.02. The molecule has 1 unspecified atom stereocenters. The summed E-state index contributed by atoms with van der Waals surface area (Å²) in [4.78, 5) is 0. The lowest BCUT2D eigenvalue weighted by atomic mass is 10.1. The molecule has 1 atom stereocenters. The van der Waals surface area contributed by atoms with Crippen LogP contribution in [-0.4, -0.2) is 13.2 Å². The van der Waals surface area contributed by atoms with Gasteiger partial charge in [0.1, 0.15) is 11.6 Å². The molecule has 0 heterocycles. The van der Waals surface area contributed by atoms with Crippen molar-refractivity contribution in [2.75, 3.05) is 12.4 Å². The molecule has 0 spiro atoms. The number of rotatable bonds is 5. The van der Waals surface area contributed by atoms with Gasteiger partial charge in [-0.25, -0.2) is 4.39 Å². The summed E-state index contributed by atoms with van der Waals surface area (Å²) in [6.07, 6.45) is 0.651. The van der Waals surface area contributed by atoms with Crippen LogP contribution in [0.1, 0.15) is 12.5 Å². The molecule has 0 radical (unpaired) electrons.